The van der Waals surface area contributed by atoms with Gasteiger partial charge in [0, 0.05) is 18.7 Å². The zero-order valence-corrected chi connectivity index (χ0v) is 19.9. The van der Waals surface area contributed by atoms with Crippen LogP contribution in [0.3, 0.4) is 0 Å². The second-order valence-electron chi connectivity index (χ2n) is 9.15. The monoisotopic (exact) mass is 467 g/mol. The van der Waals surface area contributed by atoms with Gasteiger partial charge >= 0.3 is 0 Å². The molecule has 1 atom stereocenters. The number of carbonyl (C=O) groups is 3. The van der Waals surface area contributed by atoms with E-state index in [1.807, 2.05) is 48.5 Å². The van der Waals surface area contributed by atoms with Crippen LogP contribution in [0, 0.1) is 0 Å². The van der Waals surface area contributed by atoms with Gasteiger partial charge in [0.15, 0.2) is 0 Å². The van der Waals surface area contributed by atoms with E-state index in [0.29, 0.717) is 42.9 Å². The number of carbonyl (C=O) groups excluding carboxylic acids is 3. The zero-order valence-electron chi connectivity index (χ0n) is 19.9. The Balaban J connectivity index is 1.35. The second-order valence-corrected chi connectivity index (χ2v) is 9.15. The van der Waals surface area contributed by atoms with E-state index in [0.717, 1.165) is 24.0 Å². The van der Waals surface area contributed by atoms with Crippen LogP contribution in [0.15, 0.2) is 72.8 Å². The highest BCUT2D eigenvalue weighted by Crippen LogP contribution is 2.33. The minimum Gasteiger partial charge on any atom is -0.348 e. The Hall–Kier alpha value is -3.93. The lowest BCUT2D eigenvalue weighted by Crippen LogP contribution is -2.44. The number of aryl methyl sites for hydroxylation is 1. The summed E-state index contributed by atoms with van der Waals surface area (Å²) in [6.07, 6.45) is 2.49. The van der Waals surface area contributed by atoms with Gasteiger partial charge in [-0.3, -0.25) is 14.4 Å². The van der Waals surface area contributed by atoms with Gasteiger partial charge < -0.3 is 15.1 Å². The molecule has 3 amide bonds. The predicted molar refractivity (Wildman–Crippen MR) is 135 cm³/mol. The fourth-order valence-corrected chi connectivity index (χ4v) is 4.94. The van der Waals surface area contributed by atoms with Gasteiger partial charge in [0.05, 0.1) is 17.8 Å². The van der Waals surface area contributed by atoms with Gasteiger partial charge in [0.2, 0.25) is 5.91 Å². The quantitative estimate of drug-likeness (QED) is 0.587. The van der Waals surface area contributed by atoms with Crippen molar-refractivity contribution >= 4 is 23.4 Å². The lowest BCUT2D eigenvalue weighted by atomic mass is 10.1. The zero-order chi connectivity index (χ0) is 24.4. The topological polar surface area (TPSA) is 69.7 Å². The largest absolute Gasteiger partial charge is 0.348 e. The summed E-state index contributed by atoms with van der Waals surface area (Å²) in [5, 5.41) is 2.98. The number of hydrogen-bond acceptors (Lipinski definition) is 3. The minimum absolute atomic E-state index is 0.0637. The molecule has 6 heteroatoms. The van der Waals surface area contributed by atoms with E-state index in [9.17, 15) is 14.4 Å². The van der Waals surface area contributed by atoms with Gasteiger partial charge in [0.1, 0.15) is 6.04 Å². The highest BCUT2D eigenvalue weighted by Gasteiger charge is 2.41. The lowest BCUT2D eigenvalue weighted by Gasteiger charge is -2.26. The first kappa shape index (κ1) is 22.8. The van der Waals surface area contributed by atoms with Crippen LogP contribution in [0.5, 0.6) is 0 Å². The number of amides is 3. The van der Waals surface area contributed by atoms with Gasteiger partial charge in [-0.1, -0.05) is 55.5 Å². The molecule has 0 saturated carbocycles. The maximum atomic E-state index is 13.5. The molecule has 2 heterocycles. The first-order valence-corrected chi connectivity index (χ1v) is 12.2. The van der Waals surface area contributed by atoms with Crippen LogP contribution in [0.4, 0.5) is 5.69 Å². The molecule has 1 N–H and O–H groups in total. The maximum Gasteiger partial charge on any atom is 0.256 e. The third kappa shape index (κ3) is 4.56. The van der Waals surface area contributed by atoms with Crippen LogP contribution >= 0.6 is 0 Å². The Morgan fingerprint density at radius 3 is 2.51 bits per heavy atom. The molecule has 0 unspecified atom stereocenters. The normalized spacial score (nSPS) is 17.1. The summed E-state index contributed by atoms with van der Waals surface area (Å²) in [6.45, 7) is 3.47. The molecule has 0 spiro atoms. The molecule has 3 aromatic rings. The minimum atomic E-state index is -0.430. The Kier molecular flexibility index (Phi) is 6.36. The second kappa shape index (κ2) is 9.74. The van der Waals surface area contributed by atoms with E-state index in [1.165, 1.54) is 5.56 Å². The third-order valence-corrected chi connectivity index (χ3v) is 6.90. The number of hydrogen-bond donors (Lipinski definition) is 1. The van der Waals surface area contributed by atoms with Crippen LogP contribution in [-0.2, 0) is 24.3 Å². The number of anilines is 1. The van der Waals surface area contributed by atoms with Gasteiger partial charge in [-0.05, 0) is 60.2 Å². The van der Waals surface area contributed by atoms with Gasteiger partial charge in [-0.2, -0.15) is 0 Å². The number of rotatable bonds is 6. The number of nitrogens with one attached hydrogen (secondary N) is 1. The fourth-order valence-electron chi connectivity index (χ4n) is 4.94. The van der Waals surface area contributed by atoms with E-state index in [-0.39, 0.29) is 17.7 Å². The first-order valence-electron chi connectivity index (χ1n) is 12.2. The standard InChI is InChI=1S/C29H29N3O3/c1-2-20-12-14-21(15-13-20)18-30-27(33)23-8-5-7-22(17-23)19-32-25-10-4-3-9-24(25)28(34)31-16-6-11-26(31)29(32)35/h3-5,7-10,12-15,17,26H,2,6,11,16,18-19H2,1H3,(H,30,33)/t26-/m0/s1. The summed E-state index contributed by atoms with van der Waals surface area (Å²) in [6, 6.07) is 22.4. The third-order valence-electron chi connectivity index (χ3n) is 6.90. The van der Waals surface area contributed by atoms with Crippen molar-refractivity contribution in [3.63, 3.8) is 0 Å². The molecule has 2 aliphatic rings. The predicted octanol–water partition coefficient (Wildman–Crippen LogP) is 4.33. The van der Waals surface area contributed by atoms with Crippen molar-refractivity contribution in [2.24, 2.45) is 0 Å². The average Bonchev–Trinajstić information content (AvgIpc) is 3.37. The molecular weight excluding hydrogens is 438 g/mol. The molecule has 6 nitrogen and oxygen atoms in total. The van der Waals surface area contributed by atoms with E-state index >= 15 is 0 Å². The summed E-state index contributed by atoms with van der Waals surface area (Å²) in [5.41, 5.74) is 4.87. The van der Waals surface area contributed by atoms with Crippen molar-refractivity contribution < 1.29 is 14.4 Å². The molecule has 3 aromatic carbocycles. The maximum absolute atomic E-state index is 13.5. The molecule has 0 aliphatic carbocycles. The van der Waals surface area contributed by atoms with Crippen LogP contribution < -0.4 is 10.2 Å². The van der Waals surface area contributed by atoms with Gasteiger partial charge in [-0.15, -0.1) is 0 Å². The van der Waals surface area contributed by atoms with E-state index in [1.54, 1.807) is 21.9 Å². The summed E-state index contributed by atoms with van der Waals surface area (Å²) in [4.78, 5) is 42.9. The van der Waals surface area contributed by atoms with Crippen molar-refractivity contribution in [3.05, 3.63) is 101 Å². The van der Waals surface area contributed by atoms with E-state index in [2.05, 4.69) is 24.4 Å². The summed E-state index contributed by atoms with van der Waals surface area (Å²) in [7, 11) is 0. The van der Waals surface area contributed by atoms with E-state index in [4.69, 9.17) is 0 Å². The number of para-hydroxylation sites is 1. The van der Waals surface area contributed by atoms with E-state index < -0.39 is 6.04 Å². The van der Waals surface area contributed by atoms with Crippen LogP contribution in [0.2, 0.25) is 0 Å². The molecule has 35 heavy (non-hydrogen) atoms. The summed E-state index contributed by atoms with van der Waals surface area (Å²) >= 11 is 0. The van der Waals surface area contributed by atoms with Crippen molar-refractivity contribution in [3.8, 4) is 0 Å². The molecule has 1 saturated heterocycles. The molecular formula is C29H29N3O3. The number of nitrogens with zero attached hydrogens (tertiary/aromatic N) is 2. The smallest absolute Gasteiger partial charge is 0.256 e. The van der Waals surface area contributed by atoms with Crippen molar-refractivity contribution in [1.29, 1.82) is 0 Å². The highest BCUT2D eigenvalue weighted by molar-refractivity contribution is 6.11. The van der Waals surface area contributed by atoms with Crippen LogP contribution in [-0.4, -0.2) is 35.2 Å². The highest BCUT2D eigenvalue weighted by atomic mass is 16.2. The molecule has 5 rings (SSSR count). The Morgan fingerprint density at radius 1 is 0.943 bits per heavy atom. The van der Waals surface area contributed by atoms with Gasteiger partial charge in [0.25, 0.3) is 11.8 Å². The Labute approximate surface area is 205 Å². The molecule has 0 aromatic heterocycles. The lowest BCUT2D eigenvalue weighted by molar-refractivity contribution is -0.122. The van der Waals surface area contributed by atoms with Gasteiger partial charge in [-0.25, -0.2) is 0 Å². The molecule has 1 fully saturated rings. The van der Waals surface area contributed by atoms with Crippen molar-refractivity contribution in [2.75, 3.05) is 11.4 Å². The fraction of sp³-hybridized carbons (Fsp3) is 0.276. The van der Waals surface area contributed by atoms with Crippen LogP contribution in [0.1, 0.15) is 57.2 Å². The number of fused-ring (bicyclic) bond motifs is 2. The van der Waals surface area contributed by atoms with Crippen molar-refractivity contribution in [2.45, 2.75) is 45.3 Å². The first-order chi connectivity index (χ1) is 17.0. The number of benzene rings is 3. The van der Waals surface area contributed by atoms with Crippen LogP contribution in [0.25, 0.3) is 0 Å². The SMILES string of the molecule is CCc1ccc(CNC(=O)c2cccc(CN3C(=O)[C@@H]4CCCN4C(=O)c4ccccc43)c2)cc1. The Bertz CT molecular complexity index is 1270. The molecule has 0 radical (unpaired) electrons. The average molecular weight is 468 g/mol. The summed E-state index contributed by atoms with van der Waals surface area (Å²) < 4.78 is 0. The molecule has 178 valence electrons. The van der Waals surface area contributed by atoms with Crippen molar-refractivity contribution in [1.82, 2.24) is 10.2 Å². The Morgan fingerprint density at radius 2 is 1.71 bits per heavy atom. The molecule has 0 bridgehead atoms. The molecule has 2 aliphatic heterocycles. The summed E-state index contributed by atoms with van der Waals surface area (Å²) in [5.74, 6) is -0.309.